The molecular weight excluding hydrogens is 671 g/mol. The summed E-state index contributed by atoms with van der Waals surface area (Å²) in [6, 6.07) is 10.1. The number of alkyl carbamates (subject to hydrolysis) is 1. The number of benzene rings is 2. The minimum Gasteiger partial charge on any atom is -0.448 e. The zero-order chi connectivity index (χ0) is 32.5. The molecule has 1 amide bonds. The standard InChI is InChI=1S/C32H41Cl4F3N4O2/c33-25-6-4-22(16-27(25)35)30(8-1-12-40-20-30)10-3-14-43-29(44)45-19-24(18-32(37,38)39)42-15-11-31(9-2-13-41-21-31)23-5-7-26(34)28(36)17-23/h4-7,16-17,24,40-42H,1-3,8-15,18-21H2,(H,43,44). The Morgan fingerprint density at radius 3 is 1.89 bits per heavy atom. The summed E-state index contributed by atoms with van der Waals surface area (Å²) < 4.78 is 45.5. The molecule has 4 rings (SSSR count). The van der Waals surface area contributed by atoms with Gasteiger partial charge in [0, 0.05) is 36.5 Å². The third-order valence-electron chi connectivity index (χ3n) is 9.04. The van der Waals surface area contributed by atoms with Crippen molar-refractivity contribution in [3.05, 3.63) is 67.6 Å². The van der Waals surface area contributed by atoms with Gasteiger partial charge in [0.25, 0.3) is 0 Å². The van der Waals surface area contributed by atoms with Crippen LogP contribution in [-0.2, 0) is 15.6 Å². The van der Waals surface area contributed by atoms with Crippen LogP contribution in [0.2, 0.25) is 20.1 Å². The van der Waals surface area contributed by atoms with Gasteiger partial charge in [-0.2, -0.15) is 13.2 Å². The van der Waals surface area contributed by atoms with Crippen molar-refractivity contribution in [1.29, 1.82) is 0 Å². The van der Waals surface area contributed by atoms with Crippen molar-refractivity contribution in [2.75, 3.05) is 45.9 Å². The highest BCUT2D eigenvalue weighted by Crippen LogP contribution is 2.39. The minimum atomic E-state index is -4.42. The van der Waals surface area contributed by atoms with Gasteiger partial charge in [-0.15, -0.1) is 0 Å². The second-order valence-electron chi connectivity index (χ2n) is 12.2. The molecule has 2 aromatic rings. The van der Waals surface area contributed by atoms with Crippen molar-refractivity contribution in [1.82, 2.24) is 21.3 Å². The maximum atomic E-state index is 13.4. The van der Waals surface area contributed by atoms with Crippen LogP contribution < -0.4 is 21.3 Å². The van der Waals surface area contributed by atoms with E-state index in [2.05, 4.69) is 21.3 Å². The molecule has 45 heavy (non-hydrogen) atoms. The fourth-order valence-electron chi connectivity index (χ4n) is 6.63. The number of nitrogens with one attached hydrogen (secondary N) is 4. The largest absolute Gasteiger partial charge is 0.448 e. The van der Waals surface area contributed by atoms with E-state index in [-0.39, 0.29) is 10.8 Å². The fourth-order valence-corrected chi connectivity index (χ4v) is 7.22. The van der Waals surface area contributed by atoms with E-state index in [4.69, 9.17) is 51.1 Å². The van der Waals surface area contributed by atoms with Crippen LogP contribution in [0.4, 0.5) is 18.0 Å². The number of halogens is 7. The molecule has 0 saturated carbocycles. The molecule has 0 aliphatic carbocycles. The summed E-state index contributed by atoms with van der Waals surface area (Å²) in [5, 5.41) is 14.5. The molecule has 0 aromatic heterocycles. The Kier molecular flexibility index (Phi) is 13.4. The molecule has 3 atom stereocenters. The van der Waals surface area contributed by atoms with Crippen LogP contribution in [0, 0.1) is 0 Å². The third kappa shape index (κ3) is 10.5. The average molecular weight is 713 g/mol. The molecule has 2 aliphatic rings. The minimum absolute atomic E-state index is 0.150. The summed E-state index contributed by atoms with van der Waals surface area (Å²) >= 11 is 24.9. The molecule has 2 heterocycles. The summed E-state index contributed by atoms with van der Waals surface area (Å²) in [6.07, 6.45) is -0.477. The van der Waals surface area contributed by atoms with Gasteiger partial charge in [-0.1, -0.05) is 58.5 Å². The summed E-state index contributed by atoms with van der Waals surface area (Å²) in [6.45, 7) is 3.51. The Balaban J connectivity index is 1.28. The van der Waals surface area contributed by atoms with Gasteiger partial charge in [0.1, 0.15) is 6.61 Å². The van der Waals surface area contributed by atoms with Crippen LogP contribution in [-0.4, -0.2) is 64.2 Å². The molecule has 2 aromatic carbocycles. The van der Waals surface area contributed by atoms with E-state index in [0.29, 0.717) is 52.6 Å². The summed E-state index contributed by atoms with van der Waals surface area (Å²) in [5.41, 5.74) is 1.64. The second kappa shape index (κ2) is 16.6. The number of carbonyl (C=O) groups is 1. The molecule has 0 bridgehead atoms. The maximum Gasteiger partial charge on any atom is 0.407 e. The first-order chi connectivity index (χ1) is 21.4. The smallest absolute Gasteiger partial charge is 0.407 e. The van der Waals surface area contributed by atoms with Crippen molar-refractivity contribution in [3.8, 4) is 0 Å². The third-order valence-corrected chi connectivity index (χ3v) is 10.5. The second-order valence-corrected chi connectivity index (χ2v) is 13.9. The van der Waals surface area contributed by atoms with Gasteiger partial charge in [0.05, 0.1) is 26.5 Å². The zero-order valence-corrected chi connectivity index (χ0v) is 28.1. The van der Waals surface area contributed by atoms with Crippen LogP contribution in [0.15, 0.2) is 36.4 Å². The molecule has 4 N–H and O–H groups in total. The highest BCUT2D eigenvalue weighted by Gasteiger charge is 2.37. The van der Waals surface area contributed by atoms with E-state index in [1.54, 1.807) is 12.1 Å². The van der Waals surface area contributed by atoms with Crippen molar-refractivity contribution in [2.45, 2.75) is 74.4 Å². The molecule has 2 saturated heterocycles. The Labute approximate surface area is 283 Å². The average Bonchev–Trinajstić information content (AvgIpc) is 3.01. The first-order valence-electron chi connectivity index (χ1n) is 15.4. The molecule has 0 spiro atoms. The fraction of sp³-hybridized carbons (Fsp3) is 0.594. The van der Waals surface area contributed by atoms with Gasteiger partial charge < -0.3 is 26.0 Å². The number of alkyl halides is 3. The molecule has 250 valence electrons. The van der Waals surface area contributed by atoms with Crippen LogP contribution in [0.1, 0.15) is 62.5 Å². The quantitative estimate of drug-likeness (QED) is 0.158. The van der Waals surface area contributed by atoms with E-state index >= 15 is 0 Å². The van der Waals surface area contributed by atoms with E-state index in [1.165, 1.54) is 0 Å². The number of carbonyl (C=O) groups excluding carboxylic acids is 1. The van der Waals surface area contributed by atoms with E-state index in [9.17, 15) is 18.0 Å². The van der Waals surface area contributed by atoms with Crippen molar-refractivity contribution in [2.24, 2.45) is 0 Å². The number of piperidine rings is 2. The lowest BCUT2D eigenvalue weighted by Crippen LogP contribution is -2.47. The lowest BCUT2D eigenvalue weighted by atomic mass is 9.71. The van der Waals surface area contributed by atoms with Gasteiger partial charge in [0.15, 0.2) is 0 Å². The summed E-state index contributed by atoms with van der Waals surface area (Å²) in [5.74, 6) is 0. The molecule has 2 fully saturated rings. The summed E-state index contributed by atoms with van der Waals surface area (Å²) in [4.78, 5) is 12.5. The number of hydrogen-bond donors (Lipinski definition) is 4. The first-order valence-corrected chi connectivity index (χ1v) is 17.0. The molecule has 13 heteroatoms. The monoisotopic (exact) mass is 710 g/mol. The Hall–Kier alpha value is -1.46. The van der Waals surface area contributed by atoms with Crippen LogP contribution >= 0.6 is 46.4 Å². The molecule has 2 aliphatic heterocycles. The maximum absolute atomic E-state index is 13.4. The number of rotatable bonds is 13. The SMILES string of the molecule is O=C(NCCCC1(c2ccc(Cl)c(Cl)c2)CCCNC1)OCC(CC(F)(F)F)NCCC1(c2ccc(Cl)c(Cl)c2)CCCNC1. The number of ether oxygens (including phenoxy) is 1. The molecule has 0 radical (unpaired) electrons. The number of hydrogen-bond acceptors (Lipinski definition) is 5. The lowest BCUT2D eigenvalue weighted by Gasteiger charge is -2.39. The predicted molar refractivity (Wildman–Crippen MR) is 176 cm³/mol. The van der Waals surface area contributed by atoms with Gasteiger partial charge >= 0.3 is 12.3 Å². The Morgan fingerprint density at radius 2 is 1.40 bits per heavy atom. The highest BCUT2D eigenvalue weighted by molar-refractivity contribution is 6.42. The van der Waals surface area contributed by atoms with Crippen molar-refractivity contribution in [3.63, 3.8) is 0 Å². The van der Waals surface area contributed by atoms with Crippen LogP contribution in [0.3, 0.4) is 0 Å². The van der Waals surface area contributed by atoms with Gasteiger partial charge in [0.2, 0.25) is 0 Å². The topological polar surface area (TPSA) is 74.4 Å². The van der Waals surface area contributed by atoms with Gasteiger partial charge in [-0.3, -0.25) is 0 Å². The van der Waals surface area contributed by atoms with Crippen molar-refractivity contribution >= 4 is 52.5 Å². The predicted octanol–water partition coefficient (Wildman–Crippen LogP) is 8.05. The van der Waals surface area contributed by atoms with E-state index in [1.807, 2.05) is 24.3 Å². The van der Waals surface area contributed by atoms with Crippen LogP contribution in [0.5, 0.6) is 0 Å². The van der Waals surface area contributed by atoms with Gasteiger partial charge in [-0.25, -0.2) is 4.79 Å². The van der Waals surface area contributed by atoms with Gasteiger partial charge in [-0.05, 0) is 100.0 Å². The van der Waals surface area contributed by atoms with Crippen LogP contribution in [0.25, 0.3) is 0 Å². The molecule has 6 nitrogen and oxygen atoms in total. The first kappa shape index (κ1) is 36.4. The lowest BCUT2D eigenvalue weighted by molar-refractivity contribution is -0.142. The Morgan fingerprint density at radius 1 is 0.844 bits per heavy atom. The molecule has 3 unspecified atom stereocenters. The molecular formula is C32H41Cl4F3N4O2. The highest BCUT2D eigenvalue weighted by atomic mass is 35.5. The Bertz CT molecular complexity index is 1270. The normalized spacial score (nSPS) is 23.0. The van der Waals surface area contributed by atoms with Crippen molar-refractivity contribution < 1.29 is 22.7 Å². The van der Waals surface area contributed by atoms with E-state index < -0.39 is 31.3 Å². The van der Waals surface area contributed by atoms with E-state index in [0.717, 1.165) is 62.9 Å². The summed E-state index contributed by atoms with van der Waals surface area (Å²) in [7, 11) is 0. The number of amides is 1. The zero-order valence-electron chi connectivity index (χ0n) is 25.1.